The summed E-state index contributed by atoms with van der Waals surface area (Å²) in [5, 5.41) is 10.5. The Bertz CT molecular complexity index is 451. The molecule has 0 spiro atoms. The number of rotatable bonds is 8. The quantitative estimate of drug-likeness (QED) is 0.439. The van der Waals surface area contributed by atoms with Gasteiger partial charge in [0, 0.05) is 20.0 Å². The fourth-order valence-corrected chi connectivity index (χ4v) is 2.96. The van der Waals surface area contributed by atoms with Crippen molar-refractivity contribution in [3.05, 3.63) is 11.7 Å². The number of hydrogen-bond donors (Lipinski definition) is 2. The highest BCUT2D eigenvalue weighted by Gasteiger charge is 2.13. The van der Waals surface area contributed by atoms with E-state index in [9.17, 15) is 0 Å². The largest absolute Gasteiger partial charge is 0.357 e. The minimum atomic E-state index is 0.439. The zero-order chi connectivity index (χ0) is 15.6. The van der Waals surface area contributed by atoms with E-state index in [0.717, 1.165) is 25.0 Å². The predicted molar refractivity (Wildman–Crippen MR) is 87.7 cm³/mol. The van der Waals surface area contributed by atoms with E-state index >= 15 is 0 Å². The standard InChI is InChI=1S/C16H29N5O/c1-3-17-16(19-12-15-20-13(2)22-21-15)18-11-7-6-10-14-8-4-5-9-14/h14H,3-12H2,1-2H3,(H2,17,18,19). The molecule has 0 unspecified atom stereocenters. The minimum absolute atomic E-state index is 0.439. The molecule has 1 aliphatic carbocycles. The van der Waals surface area contributed by atoms with Crippen molar-refractivity contribution in [2.75, 3.05) is 13.1 Å². The molecule has 0 aliphatic heterocycles. The van der Waals surface area contributed by atoms with Crippen LogP contribution in [0, 0.1) is 12.8 Å². The second-order valence-electron chi connectivity index (χ2n) is 6.00. The van der Waals surface area contributed by atoms with Gasteiger partial charge in [-0.3, -0.25) is 0 Å². The van der Waals surface area contributed by atoms with Crippen LogP contribution in [0.15, 0.2) is 9.52 Å². The molecule has 2 rings (SSSR count). The fraction of sp³-hybridized carbons (Fsp3) is 0.812. The van der Waals surface area contributed by atoms with Crippen LogP contribution in [0.2, 0.25) is 0 Å². The molecular formula is C16H29N5O. The van der Waals surface area contributed by atoms with Gasteiger partial charge in [-0.25, -0.2) is 4.99 Å². The van der Waals surface area contributed by atoms with Crippen LogP contribution in [0.1, 0.15) is 63.6 Å². The maximum absolute atomic E-state index is 4.95. The lowest BCUT2D eigenvalue weighted by atomic mass is 10.0. The zero-order valence-corrected chi connectivity index (χ0v) is 13.9. The van der Waals surface area contributed by atoms with Gasteiger partial charge < -0.3 is 15.2 Å². The predicted octanol–water partition coefficient (Wildman–Crippen LogP) is 2.79. The first-order valence-electron chi connectivity index (χ1n) is 8.59. The summed E-state index contributed by atoms with van der Waals surface area (Å²) in [6.45, 7) is 6.10. The molecular weight excluding hydrogens is 278 g/mol. The molecule has 1 aromatic heterocycles. The number of nitrogens with zero attached hydrogens (tertiary/aromatic N) is 3. The first kappa shape index (κ1) is 16.8. The second-order valence-corrected chi connectivity index (χ2v) is 6.00. The average molecular weight is 307 g/mol. The van der Waals surface area contributed by atoms with E-state index in [-0.39, 0.29) is 0 Å². The maximum atomic E-state index is 4.95. The molecule has 1 saturated carbocycles. The van der Waals surface area contributed by atoms with Crippen LogP contribution in [-0.2, 0) is 6.54 Å². The Hall–Kier alpha value is -1.59. The molecule has 22 heavy (non-hydrogen) atoms. The number of unbranched alkanes of at least 4 members (excludes halogenated alkanes) is 1. The minimum Gasteiger partial charge on any atom is -0.357 e. The van der Waals surface area contributed by atoms with E-state index in [4.69, 9.17) is 4.52 Å². The van der Waals surface area contributed by atoms with Gasteiger partial charge in [-0.1, -0.05) is 43.7 Å². The molecule has 1 heterocycles. The van der Waals surface area contributed by atoms with E-state index in [1.165, 1.54) is 44.9 Å². The summed E-state index contributed by atoms with van der Waals surface area (Å²) < 4.78 is 4.95. The van der Waals surface area contributed by atoms with Crippen molar-refractivity contribution < 1.29 is 4.52 Å². The van der Waals surface area contributed by atoms with E-state index in [1.54, 1.807) is 6.92 Å². The topological polar surface area (TPSA) is 75.3 Å². The Morgan fingerprint density at radius 3 is 2.77 bits per heavy atom. The van der Waals surface area contributed by atoms with E-state index in [1.807, 2.05) is 0 Å². The van der Waals surface area contributed by atoms with Crippen molar-refractivity contribution in [2.24, 2.45) is 10.9 Å². The maximum Gasteiger partial charge on any atom is 0.223 e. The first-order chi connectivity index (χ1) is 10.8. The third kappa shape index (κ3) is 6.03. The summed E-state index contributed by atoms with van der Waals surface area (Å²) in [6, 6.07) is 0. The van der Waals surface area contributed by atoms with Crippen LogP contribution in [0.25, 0.3) is 0 Å². The summed E-state index contributed by atoms with van der Waals surface area (Å²) in [7, 11) is 0. The molecule has 1 aromatic rings. The van der Waals surface area contributed by atoms with Crippen molar-refractivity contribution in [1.82, 2.24) is 20.8 Å². The van der Waals surface area contributed by atoms with Gasteiger partial charge >= 0.3 is 0 Å². The third-order valence-corrected chi connectivity index (χ3v) is 4.10. The molecule has 1 aliphatic rings. The Kier molecular flexibility index (Phi) is 7.19. The number of aryl methyl sites for hydroxylation is 1. The number of aromatic nitrogens is 2. The van der Waals surface area contributed by atoms with E-state index in [0.29, 0.717) is 18.3 Å². The average Bonchev–Trinajstić information content (AvgIpc) is 3.16. The van der Waals surface area contributed by atoms with Gasteiger partial charge in [0.25, 0.3) is 0 Å². The Balaban J connectivity index is 1.64. The SMILES string of the molecule is CCNC(=NCc1noc(C)n1)NCCCCC1CCCC1. The molecule has 0 amide bonds. The summed E-state index contributed by atoms with van der Waals surface area (Å²) >= 11 is 0. The number of hydrogen-bond acceptors (Lipinski definition) is 4. The van der Waals surface area contributed by atoms with E-state index in [2.05, 4.69) is 32.7 Å². The van der Waals surface area contributed by atoms with Crippen LogP contribution < -0.4 is 10.6 Å². The zero-order valence-electron chi connectivity index (χ0n) is 13.9. The third-order valence-electron chi connectivity index (χ3n) is 4.10. The molecule has 0 saturated heterocycles. The lowest BCUT2D eigenvalue weighted by Crippen LogP contribution is -2.37. The van der Waals surface area contributed by atoms with Gasteiger partial charge in [0.15, 0.2) is 11.8 Å². The van der Waals surface area contributed by atoms with Crippen molar-refractivity contribution in [3.8, 4) is 0 Å². The Morgan fingerprint density at radius 2 is 2.09 bits per heavy atom. The monoisotopic (exact) mass is 307 g/mol. The van der Waals surface area contributed by atoms with Crippen molar-refractivity contribution >= 4 is 5.96 Å². The summed E-state index contributed by atoms with van der Waals surface area (Å²) in [5.41, 5.74) is 0. The number of guanidine groups is 1. The van der Waals surface area contributed by atoms with Gasteiger partial charge in [0.1, 0.15) is 6.54 Å². The smallest absolute Gasteiger partial charge is 0.223 e. The van der Waals surface area contributed by atoms with Crippen molar-refractivity contribution in [2.45, 2.75) is 65.3 Å². The molecule has 0 aromatic carbocycles. The Labute approximate surface area is 133 Å². The van der Waals surface area contributed by atoms with E-state index < -0.39 is 0 Å². The summed E-state index contributed by atoms with van der Waals surface area (Å²) in [5.74, 6) is 3.01. The summed E-state index contributed by atoms with van der Waals surface area (Å²) in [6.07, 6.45) is 9.66. The van der Waals surface area contributed by atoms with Crippen LogP contribution >= 0.6 is 0 Å². The highest BCUT2D eigenvalue weighted by atomic mass is 16.5. The normalized spacial score (nSPS) is 16.2. The highest BCUT2D eigenvalue weighted by molar-refractivity contribution is 5.79. The number of aliphatic imine (C=N–C) groups is 1. The molecule has 6 heteroatoms. The lowest BCUT2D eigenvalue weighted by molar-refractivity contribution is 0.387. The molecule has 0 radical (unpaired) electrons. The molecule has 124 valence electrons. The number of nitrogens with one attached hydrogen (secondary N) is 2. The van der Waals surface area contributed by atoms with Gasteiger partial charge in [-0.15, -0.1) is 0 Å². The fourth-order valence-electron chi connectivity index (χ4n) is 2.96. The molecule has 0 atom stereocenters. The van der Waals surface area contributed by atoms with Crippen molar-refractivity contribution in [3.63, 3.8) is 0 Å². The molecule has 0 bridgehead atoms. The van der Waals surface area contributed by atoms with Gasteiger partial charge in [-0.2, -0.15) is 4.98 Å². The van der Waals surface area contributed by atoms with Crippen LogP contribution in [0.4, 0.5) is 0 Å². The van der Waals surface area contributed by atoms with Crippen molar-refractivity contribution in [1.29, 1.82) is 0 Å². The highest BCUT2D eigenvalue weighted by Crippen LogP contribution is 2.28. The lowest BCUT2D eigenvalue weighted by Gasteiger charge is -2.12. The summed E-state index contributed by atoms with van der Waals surface area (Å²) in [4.78, 5) is 8.64. The Morgan fingerprint density at radius 1 is 1.27 bits per heavy atom. The van der Waals surface area contributed by atoms with Gasteiger partial charge in [-0.05, 0) is 19.3 Å². The molecule has 2 N–H and O–H groups in total. The molecule has 6 nitrogen and oxygen atoms in total. The molecule has 1 fully saturated rings. The van der Waals surface area contributed by atoms with Crippen LogP contribution in [0.5, 0.6) is 0 Å². The van der Waals surface area contributed by atoms with Crippen LogP contribution in [0.3, 0.4) is 0 Å². The van der Waals surface area contributed by atoms with Crippen LogP contribution in [-0.4, -0.2) is 29.2 Å². The first-order valence-corrected chi connectivity index (χ1v) is 8.59. The second kappa shape index (κ2) is 9.43. The van der Waals surface area contributed by atoms with Gasteiger partial charge in [0.05, 0.1) is 0 Å². The van der Waals surface area contributed by atoms with Gasteiger partial charge in [0.2, 0.25) is 5.89 Å².